The summed E-state index contributed by atoms with van der Waals surface area (Å²) in [6, 6.07) is 0. The first kappa shape index (κ1) is 60.3. The van der Waals surface area contributed by atoms with Crippen molar-refractivity contribution in [1.82, 2.24) is 0 Å². The van der Waals surface area contributed by atoms with Gasteiger partial charge in [-0.3, -0.25) is 9.59 Å². The molecule has 0 N–H and O–H groups in total. The van der Waals surface area contributed by atoms with E-state index in [4.69, 9.17) is 14.2 Å². The first-order valence-electron chi connectivity index (χ1n) is 26.1. The molecule has 0 fully saturated rings. The number of ether oxygens (including phenoxy) is 3. The lowest BCUT2D eigenvalue weighted by molar-refractivity contribution is -0.163. The lowest BCUT2D eigenvalue weighted by Crippen LogP contribution is -2.30. The van der Waals surface area contributed by atoms with Gasteiger partial charge < -0.3 is 14.2 Å². The van der Waals surface area contributed by atoms with Crippen molar-refractivity contribution in [2.75, 3.05) is 19.8 Å². The van der Waals surface area contributed by atoms with Crippen LogP contribution in [0.1, 0.15) is 213 Å². The summed E-state index contributed by atoms with van der Waals surface area (Å²) >= 11 is 0. The third-order valence-corrected chi connectivity index (χ3v) is 10.5. The van der Waals surface area contributed by atoms with Gasteiger partial charge in [0.25, 0.3) is 0 Å². The lowest BCUT2D eigenvalue weighted by atomic mass is 10.1. The van der Waals surface area contributed by atoms with Crippen LogP contribution in [0, 0.1) is 0 Å². The Morgan fingerprint density at radius 3 is 1.05 bits per heavy atom. The fourth-order valence-corrected chi connectivity index (χ4v) is 6.70. The van der Waals surface area contributed by atoms with Crippen molar-refractivity contribution in [1.29, 1.82) is 0 Å². The molecule has 0 aromatic carbocycles. The molecule has 0 rings (SSSR count). The van der Waals surface area contributed by atoms with E-state index in [2.05, 4.69) is 142 Å². The molecule has 0 saturated carbocycles. The second-order valence-electron chi connectivity index (χ2n) is 16.6. The van der Waals surface area contributed by atoms with Gasteiger partial charge >= 0.3 is 11.9 Å². The van der Waals surface area contributed by atoms with Gasteiger partial charge in [0.05, 0.1) is 6.61 Å². The number of esters is 2. The van der Waals surface area contributed by atoms with Gasteiger partial charge in [-0.25, -0.2) is 0 Å². The van der Waals surface area contributed by atoms with E-state index in [1.54, 1.807) is 0 Å². The minimum atomic E-state index is -0.574. The molecule has 0 aliphatic carbocycles. The second-order valence-corrected chi connectivity index (χ2v) is 16.6. The number of hydrogen-bond donors (Lipinski definition) is 0. The van der Waals surface area contributed by atoms with Gasteiger partial charge in [-0.05, 0) is 122 Å². The summed E-state index contributed by atoms with van der Waals surface area (Å²) in [5.74, 6) is -0.454. The molecule has 0 aromatic rings. The van der Waals surface area contributed by atoms with Crippen molar-refractivity contribution in [3.05, 3.63) is 122 Å². The van der Waals surface area contributed by atoms with Crippen LogP contribution < -0.4 is 0 Å². The molecule has 1 unspecified atom stereocenters. The van der Waals surface area contributed by atoms with Crippen molar-refractivity contribution in [3.63, 3.8) is 0 Å². The molecule has 0 amide bonds. The lowest BCUT2D eigenvalue weighted by Gasteiger charge is -2.18. The van der Waals surface area contributed by atoms with Crippen LogP contribution in [0.25, 0.3) is 0 Å². The number of hydrogen-bond acceptors (Lipinski definition) is 5. The summed E-state index contributed by atoms with van der Waals surface area (Å²) in [5.41, 5.74) is 0. The van der Waals surface area contributed by atoms with Crippen molar-refractivity contribution in [2.45, 2.75) is 219 Å². The molecule has 5 heteroatoms. The zero-order chi connectivity index (χ0) is 46.3. The zero-order valence-corrected chi connectivity index (χ0v) is 41.5. The van der Waals surface area contributed by atoms with E-state index in [0.717, 1.165) is 141 Å². The fraction of sp³-hybridized carbons (Fsp3) is 0.627. The van der Waals surface area contributed by atoms with Gasteiger partial charge in [-0.15, -0.1) is 0 Å². The van der Waals surface area contributed by atoms with Crippen molar-refractivity contribution in [2.24, 2.45) is 0 Å². The minimum absolute atomic E-state index is 0.0522. The Balaban J connectivity index is 4.40. The molecular formula is C59H96O5. The molecule has 0 heterocycles. The second kappa shape index (κ2) is 53.6. The highest BCUT2D eigenvalue weighted by Gasteiger charge is 2.17. The molecule has 0 saturated heterocycles. The third kappa shape index (κ3) is 50.9. The first-order chi connectivity index (χ1) is 31.6. The van der Waals surface area contributed by atoms with E-state index in [1.807, 2.05) is 0 Å². The van der Waals surface area contributed by atoms with E-state index in [9.17, 15) is 9.59 Å². The van der Waals surface area contributed by atoms with Gasteiger partial charge in [-0.2, -0.15) is 0 Å². The average molecular weight is 885 g/mol. The van der Waals surface area contributed by atoms with E-state index < -0.39 is 6.10 Å². The quantitative estimate of drug-likeness (QED) is 0.0346. The maximum atomic E-state index is 12.8. The molecule has 0 bridgehead atoms. The highest BCUT2D eigenvalue weighted by Crippen LogP contribution is 2.13. The predicted molar refractivity (Wildman–Crippen MR) is 279 cm³/mol. The Morgan fingerprint density at radius 1 is 0.344 bits per heavy atom. The summed E-state index contributed by atoms with van der Waals surface area (Å²) in [4.78, 5) is 25.4. The molecule has 5 nitrogen and oxygen atoms in total. The Bertz CT molecular complexity index is 1320. The van der Waals surface area contributed by atoms with Crippen LogP contribution >= 0.6 is 0 Å². The zero-order valence-electron chi connectivity index (χ0n) is 41.5. The fourth-order valence-electron chi connectivity index (χ4n) is 6.70. The number of carbonyl (C=O) groups is 2. The predicted octanol–water partition coefficient (Wildman–Crippen LogP) is 17.8. The van der Waals surface area contributed by atoms with Crippen LogP contribution in [0.3, 0.4) is 0 Å². The maximum Gasteiger partial charge on any atom is 0.306 e. The molecule has 0 aliphatic heterocycles. The number of unbranched alkanes of at least 4 members (excludes halogenated alkanes) is 15. The molecule has 0 spiro atoms. The summed E-state index contributed by atoms with van der Waals surface area (Å²) in [7, 11) is 0. The number of carbonyl (C=O) groups excluding carboxylic acids is 2. The minimum Gasteiger partial charge on any atom is -0.462 e. The topological polar surface area (TPSA) is 61.8 Å². The first-order valence-corrected chi connectivity index (χ1v) is 26.1. The van der Waals surface area contributed by atoms with Gasteiger partial charge in [0.15, 0.2) is 6.10 Å². The van der Waals surface area contributed by atoms with E-state index in [-0.39, 0.29) is 25.2 Å². The number of rotatable bonds is 46. The molecule has 64 heavy (non-hydrogen) atoms. The molecule has 1 atom stereocenters. The van der Waals surface area contributed by atoms with E-state index in [1.165, 1.54) is 38.5 Å². The van der Waals surface area contributed by atoms with E-state index in [0.29, 0.717) is 19.4 Å². The Morgan fingerprint density at radius 2 is 0.656 bits per heavy atom. The van der Waals surface area contributed by atoms with Crippen molar-refractivity contribution in [3.8, 4) is 0 Å². The van der Waals surface area contributed by atoms with Gasteiger partial charge in [0.2, 0.25) is 0 Å². The van der Waals surface area contributed by atoms with Crippen LogP contribution in [0.5, 0.6) is 0 Å². The summed E-state index contributed by atoms with van der Waals surface area (Å²) < 4.78 is 17.4. The summed E-state index contributed by atoms with van der Waals surface area (Å²) in [6.07, 6.45) is 74.9. The standard InChI is InChI=1S/C59H96O5/c1-4-7-10-13-16-19-22-25-28-30-32-34-37-40-43-46-49-52-58(60)63-56-57(55-62-54-51-48-45-42-39-36-33-29-26-23-20-17-14-11-8-5-2)64-59(61)53-50-47-44-41-38-35-31-27-24-21-18-15-12-9-6-3/h7-12,16-21,25-29,31,36,39,57H,4-6,13-15,22-24,30,32-35,37-38,40-56H2,1-3H3/b10-7-,11-8-,12-9-,19-16-,20-17-,21-18-,28-25-,29-26-,31-27-,39-36-. The molecule has 0 aliphatic rings. The third-order valence-electron chi connectivity index (χ3n) is 10.5. The molecule has 0 radical (unpaired) electrons. The van der Waals surface area contributed by atoms with Crippen LogP contribution in [0.4, 0.5) is 0 Å². The largest absolute Gasteiger partial charge is 0.462 e. The SMILES string of the molecule is CC/C=C\C/C=C\C/C=C\C/C=C\CCCCCOCC(COC(=O)CCCCCCCCC/C=C\C/C=C\C/C=C\CC)OC(=O)CCCCCCC/C=C\C/C=C\C/C=C\CC. The number of allylic oxidation sites excluding steroid dienone is 20. The van der Waals surface area contributed by atoms with Crippen LogP contribution in [-0.2, 0) is 23.8 Å². The van der Waals surface area contributed by atoms with Crippen LogP contribution in [-0.4, -0.2) is 37.9 Å². The Labute approximate surface area is 395 Å². The highest BCUT2D eigenvalue weighted by atomic mass is 16.6. The highest BCUT2D eigenvalue weighted by molar-refractivity contribution is 5.70. The summed E-state index contributed by atoms with van der Waals surface area (Å²) in [5, 5.41) is 0. The molecule has 0 aromatic heterocycles. The van der Waals surface area contributed by atoms with Crippen molar-refractivity contribution >= 4 is 11.9 Å². The van der Waals surface area contributed by atoms with Crippen LogP contribution in [0.15, 0.2) is 122 Å². The van der Waals surface area contributed by atoms with Gasteiger partial charge in [-0.1, -0.05) is 200 Å². The van der Waals surface area contributed by atoms with Gasteiger partial charge in [0.1, 0.15) is 6.61 Å². The van der Waals surface area contributed by atoms with E-state index >= 15 is 0 Å². The summed E-state index contributed by atoms with van der Waals surface area (Å²) in [6.45, 7) is 7.38. The Hall–Kier alpha value is -3.70. The molecular weight excluding hydrogens is 789 g/mol. The van der Waals surface area contributed by atoms with Gasteiger partial charge in [0, 0.05) is 19.4 Å². The Kier molecular flexibility index (Phi) is 50.5. The normalized spacial score (nSPS) is 13.2. The smallest absolute Gasteiger partial charge is 0.306 e. The average Bonchev–Trinajstić information content (AvgIpc) is 3.30. The molecule has 362 valence electrons. The van der Waals surface area contributed by atoms with Crippen LogP contribution in [0.2, 0.25) is 0 Å². The maximum absolute atomic E-state index is 12.8. The monoisotopic (exact) mass is 885 g/mol. The van der Waals surface area contributed by atoms with Crippen molar-refractivity contribution < 1.29 is 23.8 Å².